The van der Waals surface area contributed by atoms with E-state index in [1.54, 1.807) is 0 Å². The van der Waals surface area contributed by atoms with Gasteiger partial charge in [0.25, 0.3) is 0 Å². The van der Waals surface area contributed by atoms with Crippen LogP contribution in [0.1, 0.15) is 26.7 Å². The zero-order valence-electron chi connectivity index (χ0n) is 8.28. The van der Waals surface area contributed by atoms with E-state index < -0.39 is 18.2 Å². The Morgan fingerprint density at radius 1 is 1.50 bits per heavy atom. The molecule has 0 aromatic rings. The van der Waals surface area contributed by atoms with Gasteiger partial charge in [-0.1, -0.05) is 13.3 Å². The van der Waals surface area contributed by atoms with Crippen molar-refractivity contribution in [1.29, 1.82) is 0 Å². The van der Waals surface area contributed by atoms with Crippen LogP contribution in [-0.2, 0) is 14.4 Å². The van der Waals surface area contributed by atoms with Crippen molar-refractivity contribution in [2.75, 3.05) is 6.61 Å². The lowest BCUT2D eigenvalue weighted by Crippen LogP contribution is -2.35. The van der Waals surface area contributed by atoms with Gasteiger partial charge in [0.1, 0.15) is 6.04 Å². The van der Waals surface area contributed by atoms with Crippen molar-refractivity contribution < 1.29 is 24.3 Å². The minimum atomic E-state index is -1.11. The molecule has 0 aliphatic heterocycles. The first-order valence-corrected chi connectivity index (χ1v) is 4.39. The number of carboxylic acid groups (broad SMARTS) is 1. The largest absolute Gasteiger partial charge is 0.527 e. The van der Waals surface area contributed by atoms with Gasteiger partial charge in [-0.2, -0.15) is 0 Å². The van der Waals surface area contributed by atoms with Crippen molar-refractivity contribution in [2.45, 2.75) is 32.7 Å². The maximum atomic E-state index is 10.7. The van der Waals surface area contributed by atoms with Crippen LogP contribution in [0.2, 0.25) is 0 Å². The number of hydroxylamine groups is 1. The summed E-state index contributed by atoms with van der Waals surface area (Å²) in [5, 5.41) is 8.41. The molecule has 82 valence electrons. The Bertz CT molecular complexity index is 194. The third kappa shape index (κ3) is 6.24. The zero-order chi connectivity index (χ0) is 11.0. The second kappa shape index (κ2) is 7.14. The molecule has 1 unspecified atom stereocenters. The lowest BCUT2D eigenvalue weighted by molar-refractivity contribution is -0.142. The average Bonchev–Trinajstić information content (AvgIpc) is 2.14. The Kier molecular flexibility index (Phi) is 6.47. The number of unbranched alkanes of at least 4 members (excludes halogenated alkanes) is 1. The van der Waals surface area contributed by atoms with E-state index in [4.69, 9.17) is 5.11 Å². The Balaban J connectivity index is 3.48. The van der Waals surface area contributed by atoms with E-state index in [0.717, 1.165) is 12.8 Å². The van der Waals surface area contributed by atoms with Gasteiger partial charge in [-0.25, -0.2) is 4.79 Å². The summed E-state index contributed by atoms with van der Waals surface area (Å²) in [7, 11) is 0. The van der Waals surface area contributed by atoms with Gasteiger partial charge in [0, 0.05) is 0 Å². The van der Waals surface area contributed by atoms with Crippen LogP contribution in [0.15, 0.2) is 0 Å². The molecule has 2 N–H and O–H groups in total. The molecule has 6 heteroatoms. The molecule has 0 aromatic carbocycles. The molecule has 6 nitrogen and oxygen atoms in total. The van der Waals surface area contributed by atoms with Gasteiger partial charge in [-0.3, -0.25) is 4.79 Å². The number of aliphatic carboxylic acids is 1. The zero-order valence-corrected chi connectivity index (χ0v) is 8.28. The van der Waals surface area contributed by atoms with Crippen LogP contribution in [0.4, 0.5) is 4.79 Å². The first-order chi connectivity index (χ1) is 6.57. The Morgan fingerprint density at radius 2 is 2.14 bits per heavy atom. The first-order valence-electron chi connectivity index (χ1n) is 4.39. The van der Waals surface area contributed by atoms with Gasteiger partial charge in [-0.15, -0.1) is 5.48 Å². The van der Waals surface area contributed by atoms with Crippen LogP contribution >= 0.6 is 0 Å². The average molecular weight is 205 g/mol. The van der Waals surface area contributed by atoms with Crippen LogP contribution in [0.25, 0.3) is 0 Å². The highest BCUT2D eigenvalue weighted by Gasteiger charge is 2.13. The minimum absolute atomic E-state index is 0.276. The topological polar surface area (TPSA) is 84.9 Å². The predicted octanol–water partition coefficient (Wildman–Crippen LogP) is 0.917. The molecule has 14 heavy (non-hydrogen) atoms. The van der Waals surface area contributed by atoms with Crippen molar-refractivity contribution in [3.63, 3.8) is 0 Å². The highest BCUT2D eigenvalue weighted by molar-refractivity contribution is 5.72. The molecule has 0 aliphatic rings. The summed E-state index contributed by atoms with van der Waals surface area (Å²) in [6.07, 6.45) is 0.752. The number of carbonyl (C=O) groups is 2. The van der Waals surface area contributed by atoms with Gasteiger partial charge in [0.05, 0.1) is 6.61 Å². The molecule has 0 rings (SSSR count). The molecule has 0 radical (unpaired) electrons. The van der Waals surface area contributed by atoms with Gasteiger partial charge < -0.3 is 14.7 Å². The maximum absolute atomic E-state index is 10.7. The van der Waals surface area contributed by atoms with Gasteiger partial charge in [-0.05, 0) is 13.3 Å². The monoisotopic (exact) mass is 205 g/mol. The fraction of sp³-hybridized carbons (Fsp3) is 0.750. The van der Waals surface area contributed by atoms with Crippen LogP contribution in [0, 0.1) is 0 Å². The number of hydrogen-bond acceptors (Lipinski definition) is 5. The summed E-state index contributed by atoms with van der Waals surface area (Å²) in [5.74, 6) is -1.11. The number of hydrogen-bond donors (Lipinski definition) is 2. The standard InChI is InChI=1S/C8H15NO5/c1-3-4-5-13-8(12)14-9-6(2)7(10)11/h6,9H,3-5H2,1-2H3,(H,10,11). The summed E-state index contributed by atoms with van der Waals surface area (Å²) in [4.78, 5) is 25.3. The number of nitrogens with one attached hydrogen (secondary N) is 1. The molecule has 0 saturated carbocycles. The van der Waals surface area contributed by atoms with E-state index in [2.05, 4.69) is 9.57 Å². The first kappa shape index (κ1) is 12.7. The van der Waals surface area contributed by atoms with Crippen molar-refractivity contribution in [3.8, 4) is 0 Å². The lowest BCUT2D eigenvalue weighted by Gasteiger charge is -2.08. The van der Waals surface area contributed by atoms with Crippen molar-refractivity contribution in [3.05, 3.63) is 0 Å². The maximum Gasteiger partial charge on any atom is 0.527 e. The van der Waals surface area contributed by atoms with Gasteiger partial charge in [0.15, 0.2) is 0 Å². The van der Waals surface area contributed by atoms with E-state index in [9.17, 15) is 9.59 Å². The Morgan fingerprint density at radius 3 is 2.64 bits per heavy atom. The van der Waals surface area contributed by atoms with E-state index in [-0.39, 0.29) is 6.61 Å². The molecular weight excluding hydrogens is 190 g/mol. The molecule has 0 fully saturated rings. The summed E-state index contributed by atoms with van der Waals surface area (Å²) in [6.45, 7) is 3.58. The fourth-order valence-electron chi connectivity index (χ4n) is 0.516. The van der Waals surface area contributed by atoms with Crippen molar-refractivity contribution in [2.24, 2.45) is 0 Å². The van der Waals surface area contributed by atoms with E-state index >= 15 is 0 Å². The SMILES string of the molecule is CCCCOC(=O)ONC(C)C(=O)O. The highest BCUT2D eigenvalue weighted by Crippen LogP contribution is 1.91. The molecule has 0 aromatic heterocycles. The quantitative estimate of drug-likeness (QED) is 0.381. The van der Waals surface area contributed by atoms with Crippen LogP contribution in [-0.4, -0.2) is 29.9 Å². The molecule has 0 spiro atoms. The molecule has 0 bridgehead atoms. The summed E-state index contributed by atoms with van der Waals surface area (Å²) in [6, 6.07) is -0.950. The van der Waals surface area contributed by atoms with Gasteiger partial charge >= 0.3 is 12.1 Å². The third-order valence-corrected chi connectivity index (χ3v) is 1.41. The molecule has 0 heterocycles. The van der Waals surface area contributed by atoms with Crippen LogP contribution in [0.3, 0.4) is 0 Å². The Hall–Kier alpha value is -1.30. The smallest absolute Gasteiger partial charge is 0.480 e. The summed E-state index contributed by atoms with van der Waals surface area (Å²) < 4.78 is 4.60. The van der Waals surface area contributed by atoms with E-state index in [1.807, 2.05) is 12.4 Å². The Labute approximate surface area is 82.1 Å². The van der Waals surface area contributed by atoms with Gasteiger partial charge in [0.2, 0.25) is 0 Å². The summed E-state index contributed by atoms with van der Waals surface area (Å²) >= 11 is 0. The number of rotatable bonds is 6. The molecule has 0 saturated heterocycles. The second-order valence-corrected chi connectivity index (χ2v) is 2.73. The second-order valence-electron chi connectivity index (χ2n) is 2.73. The number of ether oxygens (including phenoxy) is 1. The fourth-order valence-corrected chi connectivity index (χ4v) is 0.516. The van der Waals surface area contributed by atoms with E-state index in [0.29, 0.717) is 0 Å². The van der Waals surface area contributed by atoms with Crippen molar-refractivity contribution in [1.82, 2.24) is 5.48 Å². The lowest BCUT2D eigenvalue weighted by atomic mass is 10.4. The van der Waals surface area contributed by atoms with Crippen LogP contribution < -0.4 is 5.48 Å². The summed E-state index contributed by atoms with van der Waals surface area (Å²) in [5.41, 5.74) is 2.03. The minimum Gasteiger partial charge on any atom is -0.480 e. The molecule has 1 atom stereocenters. The molecule has 0 aliphatic carbocycles. The molecule has 0 amide bonds. The van der Waals surface area contributed by atoms with E-state index in [1.165, 1.54) is 6.92 Å². The predicted molar refractivity (Wildman–Crippen MR) is 47.6 cm³/mol. The number of carbonyl (C=O) groups excluding carboxylic acids is 1. The van der Waals surface area contributed by atoms with Crippen LogP contribution in [0.5, 0.6) is 0 Å². The normalized spacial score (nSPS) is 11.9. The third-order valence-electron chi connectivity index (χ3n) is 1.41. The highest BCUT2D eigenvalue weighted by atomic mass is 16.8. The van der Waals surface area contributed by atoms with Crippen molar-refractivity contribution >= 4 is 12.1 Å². The number of carboxylic acids is 1. The molecular formula is C8H15NO5.